The summed E-state index contributed by atoms with van der Waals surface area (Å²) in [4.78, 5) is 29.3. The Kier molecular flexibility index (Phi) is 4.64. The highest BCUT2D eigenvalue weighted by molar-refractivity contribution is 7.71. The summed E-state index contributed by atoms with van der Waals surface area (Å²) in [6, 6.07) is 9.25. The lowest BCUT2D eigenvalue weighted by Gasteiger charge is -2.06. The fourth-order valence-corrected chi connectivity index (χ4v) is 4.12. The number of H-pyrrole nitrogens is 1. The standard InChI is InChI=1S/C17H16N2O3S2/c1-3-22-13(20)9-12-10(2)14-15(24-12)18-17(23)19(16(14)21)11-7-5-4-6-8-11/h4-8H,3,9H2,1-2H3,(H,18,23). The minimum absolute atomic E-state index is 0.157. The first-order chi connectivity index (χ1) is 11.5. The minimum Gasteiger partial charge on any atom is -0.466 e. The van der Waals surface area contributed by atoms with Crippen LogP contribution in [0.5, 0.6) is 0 Å². The lowest BCUT2D eigenvalue weighted by atomic mass is 10.2. The van der Waals surface area contributed by atoms with Crippen molar-refractivity contribution in [3.8, 4) is 5.69 Å². The van der Waals surface area contributed by atoms with Crippen molar-refractivity contribution >= 4 is 39.7 Å². The van der Waals surface area contributed by atoms with Gasteiger partial charge in [0.05, 0.1) is 24.1 Å². The Morgan fingerprint density at radius 2 is 2.04 bits per heavy atom. The fraction of sp³-hybridized carbons (Fsp3) is 0.235. The topological polar surface area (TPSA) is 64.1 Å². The number of esters is 1. The van der Waals surface area contributed by atoms with E-state index in [0.717, 1.165) is 10.4 Å². The number of aryl methyl sites for hydroxylation is 1. The predicted molar refractivity (Wildman–Crippen MR) is 97.7 cm³/mol. The van der Waals surface area contributed by atoms with Crippen molar-refractivity contribution in [1.82, 2.24) is 9.55 Å². The van der Waals surface area contributed by atoms with Gasteiger partial charge in [-0.3, -0.25) is 14.2 Å². The summed E-state index contributed by atoms with van der Waals surface area (Å²) >= 11 is 6.73. The highest BCUT2D eigenvalue weighted by Gasteiger charge is 2.17. The van der Waals surface area contributed by atoms with E-state index in [1.54, 1.807) is 6.92 Å². The molecule has 3 aromatic rings. The number of ether oxygens (including phenoxy) is 1. The van der Waals surface area contributed by atoms with Gasteiger partial charge in [0.1, 0.15) is 4.83 Å². The molecule has 0 aliphatic carbocycles. The van der Waals surface area contributed by atoms with E-state index in [0.29, 0.717) is 27.3 Å². The Morgan fingerprint density at radius 3 is 2.71 bits per heavy atom. The van der Waals surface area contributed by atoms with Gasteiger partial charge in [-0.1, -0.05) is 18.2 Å². The Hall–Kier alpha value is -2.25. The van der Waals surface area contributed by atoms with Crippen LogP contribution in [0.25, 0.3) is 15.9 Å². The number of hydrogen-bond donors (Lipinski definition) is 1. The smallest absolute Gasteiger partial charge is 0.311 e. The van der Waals surface area contributed by atoms with Crippen molar-refractivity contribution in [3.63, 3.8) is 0 Å². The van der Waals surface area contributed by atoms with Crippen molar-refractivity contribution in [2.75, 3.05) is 6.61 Å². The first kappa shape index (κ1) is 16.6. The number of thiophene rings is 1. The van der Waals surface area contributed by atoms with Crippen LogP contribution < -0.4 is 5.56 Å². The van der Waals surface area contributed by atoms with Crippen LogP contribution in [0.15, 0.2) is 35.1 Å². The molecule has 2 heterocycles. The monoisotopic (exact) mass is 360 g/mol. The third-order valence-electron chi connectivity index (χ3n) is 3.71. The summed E-state index contributed by atoms with van der Waals surface area (Å²) in [6.07, 6.45) is 0.157. The maximum absolute atomic E-state index is 13.0. The second-order valence-electron chi connectivity index (χ2n) is 5.24. The van der Waals surface area contributed by atoms with Crippen LogP contribution in [-0.4, -0.2) is 22.1 Å². The maximum Gasteiger partial charge on any atom is 0.311 e. The molecule has 0 bridgehead atoms. The summed E-state index contributed by atoms with van der Waals surface area (Å²) in [5.74, 6) is -0.297. The molecule has 0 saturated heterocycles. The van der Waals surface area contributed by atoms with Gasteiger partial charge in [0, 0.05) is 4.88 Å². The van der Waals surface area contributed by atoms with Gasteiger partial charge < -0.3 is 9.72 Å². The van der Waals surface area contributed by atoms with Gasteiger partial charge in [-0.2, -0.15) is 0 Å². The molecule has 1 N–H and O–H groups in total. The van der Waals surface area contributed by atoms with Gasteiger partial charge >= 0.3 is 5.97 Å². The average molecular weight is 360 g/mol. The number of hydrogen-bond acceptors (Lipinski definition) is 5. The molecule has 3 rings (SSSR count). The molecule has 0 aliphatic heterocycles. The van der Waals surface area contributed by atoms with Crippen LogP contribution >= 0.6 is 23.6 Å². The molecular formula is C17H16N2O3S2. The molecule has 2 aromatic heterocycles. The van der Waals surface area contributed by atoms with Gasteiger partial charge in [-0.05, 0) is 43.8 Å². The molecule has 7 heteroatoms. The van der Waals surface area contributed by atoms with Crippen LogP contribution in [0.3, 0.4) is 0 Å². The third kappa shape index (κ3) is 2.92. The molecule has 0 spiro atoms. The molecule has 0 atom stereocenters. The van der Waals surface area contributed by atoms with Crippen molar-refractivity contribution < 1.29 is 9.53 Å². The molecule has 24 heavy (non-hydrogen) atoms. The number of carbonyl (C=O) groups is 1. The van der Waals surface area contributed by atoms with Gasteiger partial charge in [0.15, 0.2) is 4.77 Å². The van der Waals surface area contributed by atoms with E-state index in [-0.39, 0.29) is 17.9 Å². The number of aromatic amines is 1. The number of benzene rings is 1. The summed E-state index contributed by atoms with van der Waals surface area (Å²) in [6.45, 7) is 3.96. The van der Waals surface area contributed by atoms with E-state index in [9.17, 15) is 9.59 Å². The predicted octanol–water partition coefficient (Wildman–Crippen LogP) is 3.52. The van der Waals surface area contributed by atoms with Crippen LogP contribution in [0.1, 0.15) is 17.4 Å². The lowest BCUT2D eigenvalue weighted by molar-refractivity contribution is -0.142. The van der Waals surface area contributed by atoms with E-state index in [4.69, 9.17) is 17.0 Å². The first-order valence-electron chi connectivity index (χ1n) is 7.51. The Morgan fingerprint density at radius 1 is 1.33 bits per heavy atom. The van der Waals surface area contributed by atoms with E-state index in [1.807, 2.05) is 37.3 Å². The highest BCUT2D eigenvalue weighted by Crippen LogP contribution is 2.28. The van der Waals surface area contributed by atoms with Crippen LogP contribution in [0.4, 0.5) is 0 Å². The second-order valence-corrected chi connectivity index (χ2v) is 6.73. The average Bonchev–Trinajstić information content (AvgIpc) is 2.84. The molecule has 1 aromatic carbocycles. The molecule has 0 saturated carbocycles. The molecule has 124 valence electrons. The number of nitrogens with zero attached hydrogens (tertiary/aromatic N) is 1. The molecule has 0 aliphatic rings. The maximum atomic E-state index is 13.0. The van der Waals surface area contributed by atoms with Crippen molar-refractivity contribution in [2.24, 2.45) is 0 Å². The third-order valence-corrected chi connectivity index (χ3v) is 5.20. The van der Waals surface area contributed by atoms with Gasteiger partial charge in [0.25, 0.3) is 5.56 Å². The second kappa shape index (κ2) is 6.70. The molecule has 0 radical (unpaired) electrons. The molecule has 0 fully saturated rings. The lowest BCUT2D eigenvalue weighted by Crippen LogP contribution is -2.20. The SMILES string of the molecule is CCOC(=O)Cc1sc2[nH]c(=S)n(-c3ccccc3)c(=O)c2c1C. The van der Waals surface area contributed by atoms with Crippen molar-refractivity contribution in [1.29, 1.82) is 0 Å². The highest BCUT2D eigenvalue weighted by atomic mass is 32.1. The van der Waals surface area contributed by atoms with Gasteiger partial charge in [0.2, 0.25) is 0 Å². The number of fused-ring (bicyclic) bond motifs is 1. The normalized spacial score (nSPS) is 10.9. The summed E-state index contributed by atoms with van der Waals surface area (Å²) < 4.78 is 6.81. The quantitative estimate of drug-likeness (QED) is 0.571. The van der Waals surface area contributed by atoms with Crippen LogP contribution in [0, 0.1) is 11.7 Å². The minimum atomic E-state index is -0.297. The van der Waals surface area contributed by atoms with Gasteiger partial charge in [-0.25, -0.2) is 0 Å². The molecule has 5 nitrogen and oxygen atoms in total. The number of rotatable bonds is 4. The molecule has 0 unspecified atom stereocenters. The summed E-state index contributed by atoms with van der Waals surface area (Å²) in [5, 5.41) is 0.566. The van der Waals surface area contributed by atoms with E-state index in [1.165, 1.54) is 15.9 Å². The zero-order valence-corrected chi connectivity index (χ0v) is 14.9. The molecular weight excluding hydrogens is 344 g/mol. The van der Waals surface area contributed by atoms with E-state index in [2.05, 4.69) is 4.98 Å². The Labute approximate surface area is 147 Å². The summed E-state index contributed by atoms with van der Waals surface area (Å²) in [7, 11) is 0. The van der Waals surface area contributed by atoms with Crippen molar-refractivity contribution in [3.05, 3.63) is 55.9 Å². The zero-order valence-electron chi connectivity index (χ0n) is 13.3. The fourth-order valence-electron chi connectivity index (χ4n) is 2.59. The molecule has 0 amide bonds. The van der Waals surface area contributed by atoms with Crippen LogP contribution in [-0.2, 0) is 16.0 Å². The largest absolute Gasteiger partial charge is 0.466 e. The van der Waals surface area contributed by atoms with Crippen LogP contribution in [0.2, 0.25) is 0 Å². The number of para-hydroxylation sites is 1. The summed E-state index contributed by atoms with van der Waals surface area (Å²) in [5.41, 5.74) is 1.33. The Bertz CT molecular complexity index is 1020. The zero-order chi connectivity index (χ0) is 17.3. The number of aromatic nitrogens is 2. The van der Waals surface area contributed by atoms with Gasteiger partial charge in [-0.15, -0.1) is 11.3 Å². The first-order valence-corrected chi connectivity index (χ1v) is 8.73. The van der Waals surface area contributed by atoms with E-state index < -0.39 is 0 Å². The number of nitrogens with one attached hydrogen (secondary N) is 1. The Balaban J connectivity index is 2.19. The number of carbonyl (C=O) groups excluding carboxylic acids is 1. The van der Waals surface area contributed by atoms with E-state index >= 15 is 0 Å². The van der Waals surface area contributed by atoms with Crippen molar-refractivity contribution in [2.45, 2.75) is 20.3 Å².